The molecule has 1 aromatic heterocycles. The van der Waals surface area contributed by atoms with E-state index in [2.05, 4.69) is 70.0 Å². The van der Waals surface area contributed by atoms with Crippen molar-refractivity contribution in [2.45, 2.75) is 19.2 Å². The smallest absolute Gasteiger partial charge is 0.0860 e. The van der Waals surface area contributed by atoms with Gasteiger partial charge in [-0.25, -0.2) is 0 Å². The molecule has 2 aromatic rings. The average Bonchev–Trinajstić information content (AvgIpc) is 2.57. The fourth-order valence-corrected chi connectivity index (χ4v) is 5.52. The zero-order chi connectivity index (χ0) is 12.6. The Morgan fingerprint density at radius 1 is 1.18 bits per heavy atom. The Balaban J connectivity index is 2.51. The van der Waals surface area contributed by atoms with Crippen LogP contribution in [0.1, 0.15) is 27.6 Å². The van der Waals surface area contributed by atoms with Crippen molar-refractivity contribution in [1.82, 2.24) is 0 Å². The van der Waals surface area contributed by atoms with E-state index in [1.54, 1.807) is 11.3 Å². The van der Waals surface area contributed by atoms with Crippen LogP contribution in [0.5, 0.6) is 0 Å². The zero-order valence-corrected chi connectivity index (χ0v) is 14.2. The molecule has 1 aromatic carbocycles. The van der Waals surface area contributed by atoms with E-state index in [1.165, 1.54) is 16.7 Å². The minimum absolute atomic E-state index is 0.104. The van der Waals surface area contributed by atoms with Crippen molar-refractivity contribution in [3.8, 4) is 0 Å². The van der Waals surface area contributed by atoms with Crippen molar-refractivity contribution in [1.29, 1.82) is 0 Å². The van der Waals surface area contributed by atoms with Gasteiger partial charge in [-0.15, -0.1) is 22.9 Å². The maximum atomic E-state index is 6.62. The highest BCUT2D eigenvalue weighted by molar-refractivity contribution is 9.12. The number of thiophene rings is 1. The van der Waals surface area contributed by atoms with Crippen LogP contribution in [0.25, 0.3) is 0 Å². The Hall–Kier alpha value is 0.170. The fraction of sp³-hybridized carbons (Fsp3) is 0.231. The number of aryl methyl sites for hydroxylation is 2. The highest BCUT2D eigenvalue weighted by atomic mass is 79.9. The first-order valence-corrected chi connectivity index (χ1v) is 7.99. The molecule has 0 spiro atoms. The Morgan fingerprint density at radius 3 is 2.24 bits per heavy atom. The van der Waals surface area contributed by atoms with E-state index in [0.29, 0.717) is 0 Å². The summed E-state index contributed by atoms with van der Waals surface area (Å²) < 4.78 is 2.18. The van der Waals surface area contributed by atoms with Crippen molar-refractivity contribution < 1.29 is 0 Å². The van der Waals surface area contributed by atoms with Gasteiger partial charge in [-0.1, -0.05) is 18.2 Å². The first-order chi connectivity index (χ1) is 8.00. The standard InChI is InChI=1S/C13H11Br2ClS/c1-7-4-3-5-8(2)11(7)12(16)9-6-10(14)17-13(9)15/h3-6,12H,1-2H3. The summed E-state index contributed by atoms with van der Waals surface area (Å²) in [5.74, 6) is 0. The summed E-state index contributed by atoms with van der Waals surface area (Å²) in [6.45, 7) is 4.21. The molecule has 1 heterocycles. The normalized spacial score (nSPS) is 12.8. The molecule has 0 saturated heterocycles. The predicted octanol–water partition coefficient (Wildman–Crippen LogP) is 6.22. The van der Waals surface area contributed by atoms with Gasteiger partial charge in [0, 0.05) is 5.56 Å². The van der Waals surface area contributed by atoms with Gasteiger partial charge in [0.05, 0.1) is 12.9 Å². The number of hydrogen-bond acceptors (Lipinski definition) is 1. The maximum Gasteiger partial charge on any atom is 0.0860 e. The quantitative estimate of drug-likeness (QED) is 0.531. The number of benzene rings is 1. The van der Waals surface area contributed by atoms with Crippen LogP contribution in [0.3, 0.4) is 0 Å². The summed E-state index contributed by atoms with van der Waals surface area (Å²) in [5.41, 5.74) is 4.81. The molecule has 0 amide bonds. The molecule has 4 heteroatoms. The minimum atomic E-state index is -0.104. The van der Waals surface area contributed by atoms with Gasteiger partial charge in [-0.05, 0) is 68.5 Å². The lowest BCUT2D eigenvalue weighted by molar-refractivity contribution is 1.08. The number of alkyl halides is 1. The molecule has 0 bridgehead atoms. The number of halogens is 3. The van der Waals surface area contributed by atoms with Gasteiger partial charge in [-0.2, -0.15) is 0 Å². The van der Waals surface area contributed by atoms with Gasteiger partial charge in [0.2, 0.25) is 0 Å². The van der Waals surface area contributed by atoms with E-state index in [1.807, 2.05) is 0 Å². The third kappa shape index (κ3) is 2.78. The molecular formula is C13H11Br2ClS. The summed E-state index contributed by atoms with van der Waals surface area (Å²) in [6.07, 6.45) is 0. The predicted molar refractivity (Wildman–Crippen MR) is 83.3 cm³/mol. The summed E-state index contributed by atoms with van der Waals surface area (Å²) in [5, 5.41) is -0.104. The second-order valence-corrected chi connectivity index (χ2v) is 8.13. The molecule has 1 unspecified atom stereocenters. The Labute approximate surface area is 127 Å². The van der Waals surface area contributed by atoms with Crippen LogP contribution in [0.4, 0.5) is 0 Å². The van der Waals surface area contributed by atoms with Crippen molar-refractivity contribution in [2.24, 2.45) is 0 Å². The fourth-order valence-electron chi connectivity index (χ4n) is 1.91. The van der Waals surface area contributed by atoms with Crippen molar-refractivity contribution in [3.05, 3.63) is 54.1 Å². The van der Waals surface area contributed by atoms with Crippen LogP contribution < -0.4 is 0 Å². The largest absolute Gasteiger partial charge is 0.121 e. The second-order valence-electron chi connectivity index (χ2n) is 3.95. The SMILES string of the molecule is Cc1cccc(C)c1C(Cl)c1cc(Br)sc1Br. The minimum Gasteiger partial charge on any atom is -0.121 e. The Kier molecular flexibility index (Phi) is 4.35. The van der Waals surface area contributed by atoms with E-state index in [0.717, 1.165) is 13.1 Å². The molecular weight excluding hydrogens is 383 g/mol. The third-order valence-corrected chi connectivity index (χ3v) is 5.59. The molecule has 1 atom stereocenters. The molecule has 0 nitrogen and oxygen atoms in total. The molecule has 0 saturated carbocycles. The summed E-state index contributed by atoms with van der Waals surface area (Å²) >= 11 is 15.3. The van der Waals surface area contributed by atoms with Crippen LogP contribution in [-0.2, 0) is 0 Å². The van der Waals surface area contributed by atoms with Gasteiger partial charge in [0.15, 0.2) is 0 Å². The zero-order valence-electron chi connectivity index (χ0n) is 9.43. The van der Waals surface area contributed by atoms with E-state index in [-0.39, 0.29) is 5.38 Å². The summed E-state index contributed by atoms with van der Waals surface area (Å²) in [7, 11) is 0. The van der Waals surface area contributed by atoms with Crippen molar-refractivity contribution >= 4 is 54.8 Å². The first-order valence-electron chi connectivity index (χ1n) is 5.15. The third-order valence-electron chi connectivity index (χ3n) is 2.75. The van der Waals surface area contributed by atoms with E-state index >= 15 is 0 Å². The van der Waals surface area contributed by atoms with Crippen LogP contribution in [0.15, 0.2) is 31.8 Å². The average molecular weight is 395 g/mol. The Bertz CT molecular complexity index is 528. The number of hydrogen-bond donors (Lipinski definition) is 0. The highest BCUT2D eigenvalue weighted by Gasteiger charge is 2.19. The van der Waals surface area contributed by atoms with E-state index in [9.17, 15) is 0 Å². The lowest BCUT2D eigenvalue weighted by Gasteiger charge is -2.15. The van der Waals surface area contributed by atoms with Crippen LogP contribution in [0, 0.1) is 13.8 Å². The summed E-state index contributed by atoms with van der Waals surface area (Å²) in [4.78, 5) is 0. The van der Waals surface area contributed by atoms with Gasteiger partial charge >= 0.3 is 0 Å². The van der Waals surface area contributed by atoms with Crippen LogP contribution in [0.2, 0.25) is 0 Å². The van der Waals surface area contributed by atoms with E-state index in [4.69, 9.17) is 11.6 Å². The van der Waals surface area contributed by atoms with Gasteiger partial charge < -0.3 is 0 Å². The van der Waals surface area contributed by atoms with Gasteiger partial charge in [-0.3, -0.25) is 0 Å². The maximum absolute atomic E-state index is 6.62. The molecule has 0 aliphatic carbocycles. The molecule has 17 heavy (non-hydrogen) atoms. The topological polar surface area (TPSA) is 0 Å². The second kappa shape index (κ2) is 5.43. The van der Waals surface area contributed by atoms with Gasteiger partial charge in [0.25, 0.3) is 0 Å². The molecule has 0 aliphatic heterocycles. The molecule has 0 aliphatic rings. The number of rotatable bonds is 2. The molecule has 2 rings (SSSR count). The summed E-state index contributed by atoms with van der Waals surface area (Å²) in [6, 6.07) is 8.36. The van der Waals surface area contributed by atoms with E-state index < -0.39 is 0 Å². The lowest BCUT2D eigenvalue weighted by atomic mass is 9.97. The molecule has 0 radical (unpaired) electrons. The van der Waals surface area contributed by atoms with Gasteiger partial charge in [0.1, 0.15) is 0 Å². The first kappa shape index (κ1) is 13.6. The highest BCUT2D eigenvalue weighted by Crippen LogP contribution is 2.42. The monoisotopic (exact) mass is 392 g/mol. The molecule has 90 valence electrons. The molecule has 0 fully saturated rings. The lowest BCUT2D eigenvalue weighted by Crippen LogP contribution is -1.98. The molecule has 0 N–H and O–H groups in total. The Morgan fingerprint density at radius 2 is 1.76 bits per heavy atom. The van der Waals surface area contributed by atoms with Crippen LogP contribution in [-0.4, -0.2) is 0 Å². The van der Waals surface area contributed by atoms with Crippen LogP contribution >= 0.6 is 54.8 Å². The van der Waals surface area contributed by atoms with Crippen molar-refractivity contribution in [3.63, 3.8) is 0 Å². The van der Waals surface area contributed by atoms with Crippen molar-refractivity contribution in [2.75, 3.05) is 0 Å².